The second kappa shape index (κ2) is 5.13. The minimum atomic E-state index is -0.488. The van der Waals surface area contributed by atoms with Crippen molar-refractivity contribution < 1.29 is 5.11 Å². The molecule has 106 valence electrons. The highest BCUT2D eigenvalue weighted by Crippen LogP contribution is 2.55. The Balaban J connectivity index is 2.17. The maximum absolute atomic E-state index is 11.2. The van der Waals surface area contributed by atoms with Crippen LogP contribution in [0.25, 0.3) is 0 Å². The van der Waals surface area contributed by atoms with Crippen molar-refractivity contribution in [1.29, 1.82) is 0 Å². The molecule has 2 rings (SSSR count). The molecular weight excluding hydrogens is 222 g/mol. The first kappa shape index (κ1) is 14.3. The molecule has 2 aliphatic carbocycles. The van der Waals surface area contributed by atoms with Gasteiger partial charge in [-0.3, -0.25) is 0 Å². The molecule has 0 aliphatic heterocycles. The van der Waals surface area contributed by atoms with Gasteiger partial charge >= 0.3 is 0 Å². The third-order valence-electron chi connectivity index (χ3n) is 6.31. The van der Waals surface area contributed by atoms with Crippen molar-refractivity contribution in [3.05, 3.63) is 0 Å². The maximum atomic E-state index is 11.2. The maximum Gasteiger partial charge on any atom is 0.0718 e. The van der Waals surface area contributed by atoms with Crippen LogP contribution in [0.1, 0.15) is 65.7 Å². The summed E-state index contributed by atoms with van der Waals surface area (Å²) in [7, 11) is 0. The molecule has 2 saturated carbocycles. The molecule has 0 saturated heterocycles. The van der Waals surface area contributed by atoms with E-state index in [1.165, 1.54) is 12.8 Å². The van der Waals surface area contributed by atoms with E-state index in [1.807, 2.05) is 0 Å². The van der Waals surface area contributed by atoms with Crippen LogP contribution < -0.4 is 5.73 Å². The third kappa shape index (κ3) is 2.22. The van der Waals surface area contributed by atoms with Gasteiger partial charge in [0.05, 0.1) is 5.60 Å². The minimum absolute atomic E-state index is 0.0159. The molecule has 5 atom stereocenters. The molecule has 2 heteroatoms. The molecule has 2 nitrogen and oxygen atoms in total. The Morgan fingerprint density at radius 3 is 2.33 bits per heavy atom. The molecule has 0 radical (unpaired) electrons. The monoisotopic (exact) mass is 253 g/mol. The number of hydrogen-bond donors (Lipinski definition) is 2. The zero-order valence-corrected chi connectivity index (χ0v) is 12.4. The topological polar surface area (TPSA) is 46.2 Å². The normalized spacial score (nSPS) is 49.5. The van der Waals surface area contributed by atoms with Gasteiger partial charge in [-0.2, -0.15) is 0 Å². The van der Waals surface area contributed by atoms with Gasteiger partial charge in [-0.05, 0) is 56.3 Å². The van der Waals surface area contributed by atoms with E-state index < -0.39 is 5.60 Å². The van der Waals surface area contributed by atoms with Crippen molar-refractivity contribution >= 4 is 0 Å². The van der Waals surface area contributed by atoms with Crippen molar-refractivity contribution in [1.82, 2.24) is 0 Å². The fourth-order valence-corrected chi connectivity index (χ4v) is 4.45. The molecule has 18 heavy (non-hydrogen) atoms. The molecule has 0 aromatic rings. The zero-order valence-electron chi connectivity index (χ0n) is 12.4. The Kier molecular flexibility index (Phi) is 4.08. The van der Waals surface area contributed by atoms with Crippen LogP contribution in [0.2, 0.25) is 0 Å². The van der Waals surface area contributed by atoms with Gasteiger partial charge in [0.25, 0.3) is 0 Å². The van der Waals surface area contributed by atoms with Crippen LogP contribution in [-0.2, 0) is 0 Å². The van der Waals surface area contributed by atoms with E-state index in [4.69, 9.17) is 5.73 Å². The fraction of sp³-hybridized carbons (Fsp3) is 1.00. The Morgan fingerprint density at radius 2 is 1.83 bits per heavy atom. The molecule has 5 unspecified atom stereocenters. The van der Waals surface area contributed by atoms with Gasteiger partial charge < -0.3 is 10.8 Å². The van der Waals surface area contributed by atoms with Crippen molar-refractivity contribution in [3.8, 4) is 0 Å². The van der Waals surface area contributed by atoms with Crippen LogP contribution in [0.3, 0.4) is 0 Å². The standard InChI is InChI=1S/C16H31NO/c1-4-14-6-7-15(10-14,11-17)16(18)8-5-12(2)13(3)9-16/h12-14,18H,4-11,17H2,1-3H3. The van der Waals surface area contributed by atoms with E-state index >= 15 is 0 Å². The van der Waals surface area contributed by atoms with Crippen LogP contribution in [0.5, 0.6) is 0 Å². The highest BCUT2D eigenvalue weighted by atomic mass is 16.3. The van der Waals surface area contributed by atoms with Gasteiger partial charge in [-0.1, -0.05) is 27.2 Å². The van der Waals surface area contributed by atoms with Gasteiger partial charge in [0, 0.05) is 12.0 Å². The third-order valence-corrected chi connectivity index (χ3v) is 6.31. The predicted octanol–water partition coefficient (Wildman–Crippen LogP) is 3.33. The lowest BCUT2D eigenvalue weighted by Crippen LogP contribution is -2.54. The Bertz CT molecular complexity index is 293. The molecule has 0 spiro atoms. The van der Waals surface area contributed by atoms with Crippen LogP contribution in [0.4, 0.5) is 0 Å². The summed E-state index contributed by atoms with van der Waals surface area (Å²) in [4.78, 5) is 0. The fourth-order valence-electron chi connectivity index (χ4n) is 4.45. The van der Waals surface area contributed by atoms with E-state index in [-0.39, 0.29) is 5.41 Å². The molecule has 3 N–H and O–H groups in total. The summed E-state index contributed by atoms with van der Waals surface area (Å²) in [5, 5.41) is 11.2. The number of rotatable bonds is 3. The number of aliphatic hydroxyl groups is 1. The van der Waals surface area contributed by atoms with Crippen molar-refractivity contribution in [3.63, 3.8) is 0 Å². The van der Waals surface area contributed by atoms with Crippen molar-refractivity contribution in [2.24, 2.45) is 28.9 Å². The summed E-state index contributed by atoms with van der Waals surface area (Å²) in [6.07, 6.45) is 7.88. The molecule has 0 heterocycles. The van der Waals surface area contributed by atoms with Gasteiger partial charge in [-0.15, -0.1) is 0 Å². The molecule has 2 aliphatic rings. The molecular formula is C16H31NO. The number of hydrogen-bond acceptors (Lipinski definition) is 2. The van der Waals surface area contributed by atoms with E-state index in [2.05, 4.69) is 20.8 Å². The van der Waals surface area contributed by atoms with Crippen LogP contribution in [0, 0.1) is 23.2 Å². The summed E-state index contributed by atoms with van der Waals surface area (Å²) in [6.45, 7) is 7.56. The average Bonchev–Trinajstić information content (AvgIpc) is 2.80. The predicted molar refractivity (Wildman–Crippen MR) is 76.2 cm³/mol. The quantitative estimate of drug-likeness (QED) is 0.810. The second-order valence-electron chi connectivity index (χ2n) is 7.23. The molecule has 0 aromatic carbocycles. The molecule has 0 amide bonds. The summed E-state index contributed by atoms with van der Waals surface area (Å²) in [5.74, 6) is 2.17. The average molecular weight is 253 g/mol. The molecule has 0 bridgehead atoms. The van der Waals surface area contributed by atoms with Crippen LogP contribution in [-0.4, -0.2) is 17.3 Å². The first-order valence-electron chi connectivity index (χ1n) is 7.89. The smallest absolute Gasteiger partial charge is 0.0718 e. The SMILES string of the molecule is CCC1CCC(CN)(C2(O)CCC(C)C(C)C2)C1. The first-order valence-corrected chi connectivity index (χ1v) is 7.89. The number of nitrogens with two attached hydrogens (primary N) is 1. The van der Waals surface area contributed by atoms with E-state index in [0.717, 1.165) is 43.9 Å². The largest absolute Gasteiger partial charge is 0.389 e. The Labute approximate surface area is 112 Å². The highest BCUT2D eigenvalue weighted by Gasteiger charge is 2.54. The van der Waals surface area contributed by atoms with Crippen LogP contribution in [0.15, 0.2) is 0 Å². The highest BCUT2D eigenvalue weighted by molar-refractivity contribution is 5.06. The molecule has 0 aromatic heterocycles. The summed E-state index contributed by atoms with van der Waals surface area (Å²) < 4.78 is 0. The van der Waals surface area contributed by atoms with E-state index in [9.17, 15) is 5.11 Å². The second-order valence-corrected chi connectivity index (χ2v) is 7.23. The minimum Gasteiger partial charge on any atom is -0.389 e. The van der Waals surface area contributed by atoms with Crippen molar-refractivity contribution in [2.75, 3.05) is 6.54 Å². The van der Waals surface area contributed by atoms with Gasteiger partial charge in [0.15, 0.2) is 0 Å². The van der Waals surface area contributed by atoms with Crippen molar-refractivity contribution in [2.45, 2.75) is 71.3 Å². The van der Waals surface area contributed by atoms with Gasteiger partial charge in [0.1, 0.15) is 0 Å². The Morgan fingerprint density at radius 1 is 1.11 bits per heavy atom. The van der Waals surface area contributed by atoms with E-state index in [0.29, 0.717) is 12.5 Å². The van der Waals surface area contributed by atoms with Gasteiger partial charge in [0.2, 0.25) is 0 Å². The summed E-state index contributed by atoms with van der Waals surface area (Å²) >= 11 is 0. The summed E-state index contributed by atoms with van der Waals surface area (Å²) in [5.41, 5.74) is 5.65. The lowest BCUT2D eigenvalue weighted by Gasteiger charge is -2.50. The lowest BCUT2D eigenvalue weighted by atomic mass is 9.59. The van der Waals surface area contributed by atoms with Gasteiger partial charge in [-0.25, -0.2) is 0 Å². The molecule has 2 fully saturated rings. The zero-order chi connectivity index (χ0) is 13.4. The Hall–Kier alpha value is -0.0800. The van der Waals surface area contributed by atoms with E-state index in [1.54, 1.807) is 0 Å². The first-order chi connectivity index (χ1) is 8.46. The summed E-state index contributed by atoms with van der Waals surface area (Å²) in [6, 6.07) is 0. The lowest BCUT2D eigenvalue weighted by molar-refractivity contribution is -0.124. The van der Waals surface area contributed by atoms with Crippen LogP contribution >= 0.6 is 0 Å².